The fourth-order valence-corrected chi connectivity index (χ4v) is 4.68. The van der Waals surface area contributed by atoms with E-state index >= 15 is 0 Å². The first kappa shape index (κ1) is 21.8. The molecule has 2 heterocycles. The highest BCUT2D eigenvalue weighted by Gasteiger charge is 2.25. The minimum Gasteiger partial charge on any atom is -0.482 e. The zero-order valence-corrected chi connectivity index (χ0v) is 19.0. The lowest BCUT2D eigenvalue weighted by atomic mass is 10.1. The molecule has 1 aromatic heterocycles. The third kappa shape index (κ3) is 4.72. The number of benzene rings is 2. The number of ether oxygens (including phenoxy) is 1. The highest BCUT2D eigenvalue weighted by Crippen LogP contribution is 2.33. The van der Waals surface area contributed by atoms with E-state index in [0.717, 1.165) is 27.0 Å². The first-order chi connectivity index (χ1) is 15.3. The molecule has 4 rings (SSSR count). The van der Waals surface area contributed by atoms with Crippen LogP contribution in [-0.4, -0.2) is 35.9 Å². The summed E-state index contributed by atoms with van der Waals surface area (Å²) in [5.74, 6) is 0.281. The fraction of sp³-hybridized carbons (Fsp3) is 0.304. The van der Waals surface area contributed by atoms with Crippen molar-refractivity contribution >= 4 is 55.8 Å². The summed E-state index contributed by atoms with van der Waals surface area (Å²) in [5, 5.41) is 6.15. The number of rotatable bonds is 6. The topological polar surface area (TPSA) is 101 Å². The summed E-state index contributed by atoms with van der Waals surface area (Å²) in [6.45, 7) is 5.77. The summed E-state index contributed by atoms with van der Waals surface area (Å²) in [4.78, 5) is 42.3. The Hall–Kier alpha value is -3.46. The van der Waals surface area contributed by atoms with Crippen LogP contribution in [0.15, 0.2) is 30.3 Å². The van der Waals surface area contributed by atoms with E-state index < -0.39 is 0 Å². The van der Waals surface area contributed by atoms with Gasteiger partial charge in [0.25, 0.3) is 5.91 Å². The van der Waals surface area contributed by atoms with Gasteiger partial charge >= 0.3 is 0 Å². The van der Waals surface area contributed by atoms with Crippen molar-refractivity contribution in [3.8, 4) is 5.75 Å². The summed E-state index contributed by atoms with van der Waals surface area (Å²) in [6, 6.07) is 9.46. The molecule has 2 N–H and O–H groups in total. The monoisotopic (exact) mass is 452 g/mol. The molecule has 32 heavy (non-hydrogen) atoms. The van der Waals surface area contributed by atoms with E-state index in [1.807, 2.05) is 44.2 Å². The summed E-state index contributed by atoms with van der Waals surface area (Å²) in [6.07, 6.45) is 0.808. The number of hydrogen-bond donors (Lipinski definition) is 2. The van der Waals surface area contributed by atoms with Gasteiger partial charge in [-0.1, -0.05) is 17.4 Å². The number of nitrogens with zero attached hydrogens (tertiary/aromatic N) is 2. The summed E-state index contributed by atoms with van der Waals surface area (Å²) < 4.78 is 6.38. The van der Waals surface area contributed by atoms with Crippen molar-refractivity contribution in [2.75, 3.05) is 28.7 Å². The van der Waals surface area contributed by atoms with E-state index in [2.05, 4.69) is 15.6 Å². The van der Waals surface area contributed by atoms with Crippen LogP contribution in [0.25, 0.3) is 10.2 Å². The average Bonchev–Trinajstić information content (AvgIpc) is 3.12. The van der Waals surface area contributed by atoms with Crippen molar-refractivity contribution < 1.29 is 19.1 Å². The second-order valence-corrected chi connectivity index (χ2v) is 8.83. The predicted octanol–water partition coefficient (Wildman–Crippen LogP) is 4.02. The largest absolute Gasteiger partial charge is 0.482 e. The maximum atomic E-state index is 12.5. The van der Waals surface area contributed by atoms with E-state index in [4.69, 9.17) is 4.74 Å². The molecule has 9 heteroatoms. The zero-order valence-electron chi connectivity index (χ0n) is 18.2. The van der Waals surface area contributed by atoms with Crippen LogP contribution in [0.1, 0.15) is 30.9 Å². The lowest BCUT2D eigenvalue weighted by molar-refractivity contribution is -0.121. The van der Waals surface area contributed by atoms with Gasteiger partial charge in [0.15, 0.2) is 11.7 Å². The van der Waals surface area contributed by atoms with Crippen LogP contribution < -0.4 is 20.3 Å². The molecule has 0 saturated carbocycles. The van der Waals surface area contributed by atoms with Gasteiger partial charge in [-0.3, -0.25) is 14.4 Å². The van der Waals surface area contributed by atoms with Crippen LogP contribution in [0.4, 0.5) is 16.5 Å². The lowest BCUT2D eigenvalue weighted by Crippen LogP contribution is -2.39. The van der Waals surface area contributed by atoms with Crippen LogP contribution in [0, 0.1) is 13.8 Å². The van der Waals surface area contributed by atoms with E-state index in [-0.39, 0.29) is 30.7 Å². The van der Waals surface area contributed by atoms with Crippen molar-refractivity contribution in [1.82, 2.24) is 4.98 Å². The first-order valence-electron chi connectivity index (χ1n) is 10.3. The molecule has 0 bridgehead atoms. The molecule has 0 aliphatic carbocycles. The Balaban J connectivity index is 1.38. The van der Waals surface area contributed by atoms with E-state index in [9.17, 15) is 14.4 Å². The van der Waals surface area contributed by atoms with Gasteiger partial charge in [-0.15, -0.1) is 0 Å². The molecule has 166 valence electrons. The van der Waals surface area contributed by atoms with Crippen molar-refractivity contribution in [2.45, 2.75) is 33.6 Å². The maximum absolute atomic E-state index is 12.5. The molecule has 0 spiro atoms. The second kappa shape index (κ2) is 8.96. The molecule has 0 atom stereocenters. The molecular formula is C23H24N4O4S. The molecule has 3 aromatic rings. The Morgan fingerprint density at radius 2 is 2.00 bits per heavy atom. The van der Waals surface area contributed by atoms with Crippen LogP contribution in [0.2, 0.25) is 0 Å². The summed E-state index contributed by atoms with van der Waals surface area (Å²) in [7, 11) is 0. The van der Waals surface area contributed by atoms with Gasteiger partial charge in [0.2, 0.25) is 11.8 Å². The number of aryl methyl sites for hydroxylation is 2. The van der Waals surface area contributed by atoms with Crippen molar-refractivity contribution in [2.24, 2.45) is 0 Å². The SMILES string of the molecule is CC(=O)Nc1nc2c(C)cc(NC(=O)CCCN3C(=O)COc4ccc(C)cc43)cc2s1. The Morgan fingerprint density at radius 3 is 2.78 bits per heavy atom. The molecule has 0 radical (unpaired) electrons. The number of aromatic nitrogens is 1. The average molecular weight is 453 g/mol. The van der Waals surface area contributed by atoms with E-state index in [1.165, 1.54) is 18.3 Å². The number of carbonyl (C=O) groups is 3. The minimum atomic E-state index is -0.174. The smallest absolute Gasteiger partial charge is 0.265 e. The first-order valence-corrected chi connectivity index (χ1v) is 11.1. The number of carbonyl (C=O) groups excluding carboxylic acids is 3. The van der Waals surface area contributed by atoms with Gasteiger partial charge < -0.3 is 20.3 Å². The van der Waals surface area contributed by atoms with Gasteiger partial charge in [0.1, 0.15) is 5.75 Å². The van der Waals surface area contributed by atoms with Crippen molar-refractivity contribution in [3.63, 3.8) is 0 Å². The highest BCUT2D eigenvalue weighted by molar-refractivity contribution is 7.22. The maximum Gasteiger partial charge on any atom is 0.265 e. The van der Waals surface area contributed by atoms with Gasteiger partial charge in [-0.05, 0) is 55.7 Å². The normalized spacial score (nSPS) is 13.0. The predicted molar refractivity (Wildman–Crippen MR) is 126 cm³/mol. The van der Waals surface area contributed by atoms with Crippen molar-refractivity contribution in [3.05, 3.63) is 41.5 Å². The van der Waals surface area contributed by atoms with E-state index in [0.29, 0.717) is 29.5 Å². The zero-order chi connectivity index (χ0) is 22.8. The van der Waals surface area contributed by atoms with Gasteiger partial charge in [0, 0.05) is 25.6 Å². The third-order valence-electron chi connectivity index (χ3n) is 5.10. The van der Waals surface area contributed by atoms with Crippen molar-refractivity contribution in [1.29, 1.82) is 0 Å². The van der Waals surface area contributed by atoms with Crippen LogP contribution in [0.3, 0.4) is 0 Å². The van der Waals surface area contributed by atoms with Gasteiger partial charge in [-0.2, -0.15) is 0 Å². The van der Waals surface area contributed by atoms with Gasteiger partial charge in [0.05, 0.1) is 15.9 Å². The Kier molecular flexibility index (Phi) is 6.09. The second-order valence-electron chi connectivity index (χ2n) is 7.80. The minimum absolute atomic E-state index is 0.0108. The van der Waals surface area contributed by atoms with Crippen LogP contribution in [0.5, 0.6) is 5.75 Å². The molecule has 8 nitrogen and oxygen atoms in total. The third-order valence-corrected chi connectivity index (χ3v) is 6.01. The lowest BCUT2D eigenvalue weighted by Gasteiger charge is -2.29. The number of thiazole rings is 1. The molecule has 2 aromatic carbocycles. The standard InChI is InChI=1S/C23H24N4O4S/c1-13-6-7-18-17(9-13)27(21(30)12-31-18)8-4-5-20(29)25-16-10-14(2)22-19(11-16)32-23(26-22)24-15(3)28/h6-7,9-11H,4-5,8,12H2,1-3H3,(H,25,29)(H,24,26,28). The Morgan fingerprint density at radius 1 is 1.19 bits per heavy atom. The van der Waals surface area contributed by atoms with Crippen LogP contribution in [-0.2, 0) is 14.4 Å². The fourth-order valence-electron chi connectivity index (χ4n) is 3.65. The summed E-state index contributed by atoms with van der Waals surface area (Å²) in [5.41, 5.74) is 4.19. The molecule has 1 aliphatic heterocycles. The molecule has 0 saturated heterocycles. The molecule has 3 amide bonds. The Labute approximate surface area is 189 Å². The number of anilines is 3. The Bertz CT molecular complexity index is 1220. The quantitative estimate of drug-likeness (QED) is 0.588. The number of fused-ring (bicyclic) bond motifs is 2. The highest BCUT2D eigenvalue weighted by atomic mass is 32.1. The van der Waals surface area contributed by atoms with Gasteiger partial charge in [-0.25, -0.2) is 4.98 Å². The molecular weight excluding hydrogens is 428 g/mol. The number of amides is 3. The molecule has 0 unspecified atom stereocenters. The van der Waals surface area contributed by atoms with E-state index in [1.54, 1.807) is 4.90 Å². The van der Waals surface area contributed by atoms with Crippen LogP contribution >= 0.6 is 11.3 Å². The molecule has 1 aliphatic rings. The number of hydrogen-bond acceptors (Lipinski definition) is 6. The number of nitrogens with one attached hydrogen (secondary N) is 2. The summed E-state index contributed by atoms with van der Waals surface area (Å²) >= 11 is 1.36. The molecule has 0 fully saturated rings.